The second-order valence-corrected chi connectivity index (χ2v) is 6.84. The van der Waals surface area contributed by atoms with Crippen molar-refractivity contribution in [1.82, 2.24) is 0 Å². The normalized spacial score (nSPS) is 26.7. The van der Waals surface area contributed by atoms with Crippen molar-refractivity contribution in [2.45, 2.75) is 37.4 Å². The van der Waals surface area contributed by atoms with Gasteiger partial charge in [0.2, 0.25) is 0 Å². The Balaban J connectivity index is 1.78. The lowest BCUT2D eigenvalue weighted by molar-refractivity contribution is -0.159. The van der Waals surface area contributed by atoms with Gasteiger partial charge in [-0.2, -0.15) is 0 Å². The Morgan fingerprint density at radius 3 is 2.81 bits per heavy atom. The first-order chi connectivity index (χ1) is 10.1. The van der Waals surface area contributed by atoms with Crippen LogP contribution in [0, 0.1) is 11.7 Å². The van der Waals surface area contributed by atoms with Crippen LogP contribution in [0.1, 0.15) is 37.4 Å². The molecule has 3 rings (SSSR count). The van der Waals surface area contributed by atoms with Crippen LogP contribution in [0.5, 0.6) is 0 Å². The molecule has 5 heteroatoms. The summed E-state index contributed by atoms with van der Waals surface area (Å²) in [5.74, 6) is -0.335. The maximum absolute atomic E-state index is 14.2. The molecule has 116 valence electrons. The molecule has 1 N–H and O–H groups in total. The summed E-state index contributed by atoms with van der Waals surface area (Å²) < 4.78 is 26.0. The molecule has 2 saturated heterocycles. The van der Waals surface area contributed by atoms with Crippen LogP contribution in [-0.2, 0) is 9.47 Å². The monoisotopic (exact) mass is 358 g/mol. The molecule has 2 fully saturated rings. The molecule has 21 heavy (non-hydrogen) atoms. The number of hydrogen-bond donors (Lipinski definition) is 1. The van der Waals surface area contributed by atoms with E-state index in [0.29, 0.717) is 29.9 Å². The standard InChI is InChI=1S/C16H20BrFO3/c17-13-3-1-2-12(14(13)18)15(19)11-4-7-21-16(10-11)5-8-20-9-6-16/h1-3,11,15,19H,4-10H2. The number of rotatable bonds is 2. The molecule has 0 bridgehead atoms. The van der Waals surface area contributed by atoms with Gasteiger partial charge in [-0.15, -0.1) is 0 Å². The molecule has 1 aromatic rings. The van der Waals surface area contributed by atoms with Crippen LogP contribution in [0.25, 0.3) is 0 Å². The summed E-state index contributed by atoms with van der Waals surface area (Å²) in [6.07, 6.45) is 2.46. The summed E-state index contributed by atoms with van der Waals surface area (Å²) in [5, 5.41) is 10.6. The number of aliphatic hydroxyl groups excluding tert-OH is 1. The predicted octanol–water partition coefficient (Wildman–Crippen LogP) is 3.60. The van der Waals surface area contributed by atoms with Crippen molar-refractivity contribution in [1.29, 1.82) is 0 Å². The van der Waals surface area contributed by atoms with Gasteiger partial charge in [0.15, 0.2) is 0 Å². The number of halogens is 2. The Morgan fingerprint density at radius 1 is 1.29 bits per heavy atom. The number of benzene rings is 1. The molecule has 2 aliphatic heterocycles. The fraction of sp³-hybridized carbons (Fsp3) is 0.625. The van der Waals surface area contributed by atoms with Gasteiger partial charge in [-0.1, -0.05) is 12.1 Å². The van der Waals surface area contributed by atoms with Crippen molar-refractivity contribution in [3.8, 4) is 0 Å². The third-order valence-electron chi connectivity index (χ3n) is 4.68. The van der Waals surface area contributed by atoms with Gasteiger partial charge < -0.3 is 14.6 Å². The third kappa shape index (κ3) is 3.16. The lowest BCUT2D eigenvalue weighted by atomic mass is 9.77. The van der Waals surface area contributed by atoms with E-state index in [1.165, 1.54) is 0 Å². The summed E-state index contributed by atoms with van der Waals surface area (Å²) >= 11 is 3.18. The summed E-state index contributed by atoms with van der Waals surface area (Å²) in [5.41, 5.74) is 0.184. The summed E-state index contributed by atoms with van der Waals surface area (Å²) in [6.45, 7) is 2.03. The lowest BCUT2D eigenvalue weighted by Crippen LogP contribution is -2.45. The highest BCUT2D eigenvalue weighted by Crippen LogP contribution is 2.42. The Kier molecular flexibility index (Phi) is 4.64. The Bertz CT molecular complexity index is 497. The molecule has 0 aliphatic carbocycles. The van der Waals surface area contributed by atoms with E-state index in [1.807, 2.05) is 0 Å². The van der Waals surface area contributed by atoms with Gasteiger partial charge in [-0.05, 0) is 53.6 Å². The third-order valence-corrected chi connectivity index (χ3v) is 5.29. The largest absolute Gasteiger partial charge is 0.388 e. The first kappa shape index (κ1) is 15.4. The van der Waals surface area contributed by atoms with Gasteiger partial charge in [-0.25, -0.2) is 4.39 Å². The minimum Gasteiger partial charge on any atom is -0.388 e. The first-order valence-electron chi connectivity index (χ1n) is 7.45. The lowest BCUT2D eigenvalue weighted by Gasteiger charge is -2.44. The number of hydrogen-bond acceptors (Lipinski definition) is 3. The fourth-order valence-corrected chi connectivity index (χ4v) is 3.81. The molecule has 2 aliphatic rings. The van der Waals surface area contributed by atoms with E-state index in [2.05, 4.69) is 15.9 Å². The van der Waals surface area contributed by atoms with Gasteiger partial charge in [0.05, 0.1) is 16.2 Å². The first-order valence-corrected chi connectivity index (χ1v) is 8.24. The van der Waals surface area contributed by atoms with Crippen LogP contribution in [0.4, 0.5) is 4.39 Å². The second-order valence-electron chi connectivity index (χ2n) is 5.98. The van der Waals surface area contributed by atoms with Gasteiger partial charge in [0, 0.05) is 25.4 Å². The highest BCUT2D eigenvalue weighted by Gasteiger charge is 2.41. The molecule has 1 spiro atoms. The van der Waals surface area contributed by atoms with Crippen molar-refractivity contribution >= 4 is 15.9 Å². The molecule has 2 unspecified atom stereocenters. The van der Waals surface area contributed by atoms with Gasteiger partial charge >= 0.3 is 0 Å². The van der Waals surface area contributed by atoms with Crippen molar-refractivity contribution in [3.05, 3.63) is 34.1 Å². The zero-order chi connectivity index (χ0) is 14.9. The van der Waals surface area contributed by atoms with Crippen molar-refractivity contribution in [2.75, 3.05) is 19.8 Å². The van der Waals surface area contributed by atoms with Crippen LogP contribution >= 0.6 is 15.9 Å². The average molecular weight is 359 g/mol. The number of aliphatic hydroxyl groups is 1. The van der Waals surface area contributed by atoms with Crippen molar-refractivity contribution in [3.63, 3.8) is 0 Å². The topological polar surface area (TPSA) is 38.7 Å². The molecule has 0 radical (unpaired) electrons. The van der Waals surface area contributed by atoms with Crippen LogP contribution < -0.4 is 0 Å². The maximum Gasteiger partial charge on any atom is 0.143 e. The van der Waals surface area contributed by atoms with Gasteiger partial charge in [-0.3, -0.25) is 0 Å². The smallest absolute Gasteiger partial charge is 0.143 e. The van der Waals surface area contributed by atoms with Gasteiger partial charge in [0.1, 0.15) is 5.82 Å². The molecule has 0 saturated carbocycles. The highest BCUT2D eigenvalue weighted by atomic mass is 79.9. The highest BCUT2D eigenvalue weighted by molar-refractivity contribution is 9.10. The minimum atomic E-state index is -0.786. The summed E-state index contributed by atoms with van der Waals surface area (Å²) in [4.78, 5) is 0. The summed E-state index contributed by atoms with van der Waals surface area (Å²) in [6, 6.07) is 5.07. The molecule has 1 aromatic carbocycles. The Hall–Kier alpha value is -0.490. The van der Waals surface area contributed by atoms with E-state index >= 15 is 0 Å². The van der Waals surface area contributed by atoms with Crippen LogP contribution in [-0.4, -0.2) is 30.5 Å². The van der Waals surface area contributed by atoms with Crippen LogP contribution in [0.15, 0.2) is 22.7 Å². The molecule has 2 heterocycles. The predicted molar refractivity (Wildman–Crippen MR) is 80.5 cm³/mol. The second kappa shape index (κ2) is 6.32. The van der Waals surface area contributed by atoms with E-state index < -0.39 is 6.10 Å². The average Bonchev–Trinajstić information content (AvgIpc) is 2.50. The molecular formula is C16H20BrFO3. The van der Waals surface area contributed by atoms with Crippen LogP contribution in [0.3, 0.4) is 0 Å². The Morgan fingerprint density at radius 2 is 2.05 bits per heavy atom. The van der Waals surface area contributed by atoms with Gasteiger partial charge in [0.25, 0.3) is 0 Å². The van der Waals surface area contributed by atoms with Crippen molar-refractivity contribution < 1.29 is 19.0 Å². The van der Waals surface area contributed by atoms with Crippen molar-refractivity contribution in [2.24, 2.45) is 5.92 Å². The Labute approximate surface area is 132 Å². The van der Waals surface area contributed by atoms with E-state index in [0.717, 1.165) is 25.7 Å². The maximum atomic E-state index is 14.2. The number of ether oxygens (including phenoxy) is 2. The quantitative estimate of drug-likeness (QED) is 0.877. The molecular weight excluding hydrogens is 339 g/mol. The zero-order valence-corrected chi connectivity index (χ0v) is 13.4. The SMILES string of the molecule is OC(c1cccc(Br)c1F)C1CCOC2(CCOCC2)C1. The van der Waals surface area contributed by atoms with E-state index in [-0.39, 0.29) is 17.3 Å². The zero-order valence-electron chi connectivity index (χ0n) is 11.9. The van der Waals surface area contributed by atoms with Crippen LogP contribution in [0.2, 0.25) is 0 Å². The minimum absolute atomic E-state index is 0.0284. The summed E-state index contributed by atoms with van der Waals surface area (Å²) in [7, 11) is 0. The molecule has 3 nitrogen and oxygen atoms in total. The van der Waals surface area contributed by atoms with E-state index in [9.17, 15) is 9.50 Å². The van der Waals surface area contributed by atoms with E-state index in [4.69, 9.17) is 9.47 Å². The fourth-order valence-electron chi connectivity index (χ4n) is 3.43. The molecule has 0 amide bonds. The molecule has 2 atom stereocenters. The molecule has 0 aromatic heterocycles. The van der Waals surface area contributed by atoms with E-state index in [1.54, 1.807) is 18.2 Å².